The number of hydrogen-bond donors (Lipinski definition) is 1. The molecule has 0 unspecified atom stereocenters. The highest BCUT2D eigenvalue weighted by atomic mass is 15.3. The number of aromatic nitrogens is 2. The quantitative estimate of drug-likeness (QED) is 0.860. The molecule has 0 amide bonds. The number of pyridine rings is 1. The molecule has 1 N–H and O–H groups in total. The van der Waals surface area contributed by atoms with E-state index in [9.17, 15) is 0 Å². The predicted octanol–water partition coefficient (Wildman–Crippen LogP) is 2.61. The molecule has 2 aromatic rings. The number of hydrogen-bond acceptors (Lipinski definition) is 3. The van der Waals surface area contributed by atoms with Gasteiger partial charge in [0.15, 0.2) is 5.82 Å². The van der Waals surface area contributed by atoms with Gasteiger partial charge in [-0.15, -0.1) is 5.10 Å². The first-order valence-corrected chi connectivity index (χ1v) is 6.14. The van der Waals surface area contributed by atoms with Gasteiger partial charge in [-0.25, -0.2) is 4.52 Å². The fourth-order valence-electron chi connectivity index (χ4n) is 1.99. The Morgan fingerprint density at radius 2 is 2.24 bits per heavy atom. The van der Waals surface area contributed by atoms with Gasteiger partial charge in [-0.2, -0.15) is 0 Å². The van der Waals surface area contributed by atoms with Crippen LogP contribution in [0.5, 0.6) is 0 Å². The Hall–Kier alpha value is -1.71. The van der Waals surface area contributed by atoms with Gasteiger partial charge in [0.2, 0.25) is 0 Å². The summed E-state index contributed by atoms with van der Waals surface area (Å²) in [6.07, 6.45) is 4.37. The molecule has 0 saturated carbocycles. The summed E-state index contributed by atoms with van der Waals surface area (Å²) in [6.45, 7) is 3.24. The number of nitrogens with zero attached hydrogens (tertiary/aromatic N) is 3. The largest absolute Gasteiger partial charge is 0.383 e. The summed E-state index contributed by atoms with van der Waals surface area (Å²) in [7, 11) is 4.04. The van der Waals surface area contributed by atoms with Crippen LogP contribution in [0.25, 0.3) is 5.52 Å². The van der Waals surface area contributed by atoms with Crippen LogP contribution in [0, 0.1) is 0 Å². The van der Waals surface area contributed by atoms with Crippen molar-refractivity contribution in [2.75, 3.05) is 30.9 Å². The molecule has 0 aliphatic heterocycles. The maximum absolute atomic E-state index is 4.62. The normalized spacial score (nSPS) is 10.8. The zero-order chi connectivity index (χ0) is 12.3. The van der Waals surface area contributed by atoms with Crippen LogP contribution < -0.4 is 10.2 Å². The third kappa shape index (κ3) is 2.20. The minimum Gasteiger partial charge on any atom is -0.383 e. The van der Waals surface area contributed by atoms with E-state index in [0.29, 0.717) is 0 Å². The van der Waals surface area contributed by atoms with Gasteiger partial charge in [0, 0.05) is 26.8 Å². The molecule has 0 atom stereocenters. The summed E-state index contributed by atoms with van der Waals surface area (Å²) < 4.78 is 1.92. The average Bonchev–Trinajstić information content (AvgIpc) is 2.74. The molecule has 0 spiro atoms. The summed E-state index contributed by atoms with van der Waals surface area (Å²) in [6, 6.07) is 6.11. The Balaban J connectivity index is 2.38. The van der Waals surface area contributed by atoms with Gasteiger partial charge >= 0.3 is 0 Å². The van der Waals surface area contributed by atoms with E-state index in [1.54, 1.807) is 0 Å². The lowest BCUT2D eigenvalue weighted by atomic mass is 10.3. The number of fused-ring (bicyclic) bond motifs is 1. The Bertz CT molecular complexity index is 489. The average molecular weight is 232 g/mol. The standard InChI is InChI=1S/C13H20N4/c1-4-5-9-16(3)13-12(14-2)11-8-6-7-10-17(11)15-13/h6-8,10,14H,4-5,9H2,1-3H3. The van der Waals surface area contributed by atoms with Gasteiger partial charge in [0.05, 0.1) is 5.52 Å². The van der Waals surface area contributed by atoms with E-state index in [-0.39, 0.29) is 0 Å². The van der Waals surface area contributed by atoms with Crippen LogP contribution in [0.2, 0.25) is 0 Å². The molecule has 4 heteroatoms. The number of nitrogens with one attached hydrogen (secondary N) is 1. The highest BCUT2D eigenvalue weighted by molar-refractivity contribution is 5.83. The van der Waals surface area contributed by atoms with E-state index in [4.69, 9.17) is 0 Å². The monoisotopic (exact) mass is 232 g/mol. The van der Waals surface area contributed by atoms with Crippen molar-refractivity contribution in [3.05, 3.63) is 24.4 Å². The van der Waals surface area contributed by atoms with Gasteiger partial charge in [0.1, 0.15) is 5.69 Å². The maximum atomic E-state index is 4.62. The highest BCUT2D eigenvalue weighted by Gasteiger charge is 2.14. The summed E-state index contributed by atoms with van der Waals surface area (Å²) in [5, 5.41) is 7.87. The second kappa shape index (κ2) is 5.08. The van der Waals surface area contributed by atoms with Crippen molar-refractivity contribution in [2.45, 2.75) is 19.8 Å². The van der Waals surface area contributed by atoms with Crippen molar-refractivity contribution in [1.29, 1.82) is 0 Å². The Kier molecular flexibility index (Phi) is 3.52. The summed E-state index contributed by atoms with van der Waals surface area (Å²) in [4.78, 5) is 2.21. The number of rotatable bonds is 5. The highest BCUT2D eigenvalue weighted by Crippen LogP contribution is 2.28. The molecule has 2 rings (SSSR count). The first-order chi connectivity index (χ1) is 8.27. The molecule has 2 aromatic heterocycles. The van der Waals surface area contributed by atoms with Crippen molar-refractivity contribution in [3.8, 4) is 0 Å². The van der Waals surface area contributed by atoms with E-state index in [1.807, 2.05) is 29.9 Å². The number of unbranched alkanes of at least 4 members (excludes halogenated alkanes) is 1. The Morgan fingerprint density at radius 3 is 2.94 bits per heavy atom. The minimum absolute atomic E-state index is 1.02. The molecule has 0 aliphatic carbocycles. The van der Waals surface area contributed by atoms with Crippen LogP contribution in [0.4, 0.5) is 11.5 Å². The van der Waals surface area contributed by atoms with Gasteiger partial charge in [-0.1, -0.05) is 19.4 Å². The van der Waals surface area contributed by atoms with Gasteiger partial charge in [0.25, 0.3) is 0 Å². The van der Waals surface area contributed by atoms with E-state index in [2.05, 4.69) is 35.4 Å². The maximum Gasteiger partial charge on any atom is 0.174 e. The van der Waals surface area contributed by atoms with Crippen LogP contribution in [-0.4, -0.2) is 30.3 Å². The van der Waals surface area contributed by atoms with Crippen LogP contribution in [0.1, 0.15) is 19.8 Å². The Morgan fingerprint density at radius 1 is 1.41 bits per heavy atom. The van der Waals surface area contributed by atoms with Crippen LogP contribution in [-0.2, 0) is 0 Å². The van der Waals surface area contributed by atoms with Crippen molar-refractivity contribution < 1.29 is 0 Å². The van der Waals surface area contributed by atoms with Crippen LogP contribution in [0.3, 0.4) is 0 Å². The molecule has 0 radical (unpaired) electrons. The molecule has 0 aromatic carbocycles. The van der Waals surface area contributed by atoms with E-state index in [0.717, 1.165) is 23.6 Å². The smallest absolute Gasteiger partial charge is 0.174 e. The van der Waals surface area contributed by atoms with E-state index >= 15 is 0 Å². The van der Waals surface area contributed by atoms with E-state index in [1.165, 1.54) is 12.8 Å². The van der Waals surface area contributed by atoms with Crippen LogP contribution in [0.15, 0.2) is 24.4 Å². The van der Waals surface area contributed by atoms with Crippen LogP contribution >= 0.6 is 0 Å². The molecule has 92 valence electrons. The summed E-state index contributed by atoms with van der Waals surface area (Å²) in [5.41, 5.74) is 2.22. The van der Waals surface area contributed by atoms with Crippen molar-refractivity contribution in [2.24, 2.45) is 0 Å². The van der Waals surface area contributed by atoms with Crippen molar-refractivity contribution >= 4 is 17.0 Å². The first kappa shape index (κ1) is 11.8. The van der Waals surface area contributed by atoms with E-state index < -0.39 is 0 Å². The molecule has 0 fully saturated rings. The second-order valence-corrected chi connectivity index (χ2v) is 4.25. The third-order valence-corrected chi connectivity index (χ3v) is 2.98. The first-order valence-electron chi connectivity index (χ1n) is 6.14. The number of anilines is 2. The zero-order valence-electron chi connectivity index (χ0n) is 10.8. The molecule has 2 heterocycles. The summed E-state index contributed by atoms with van der Waals surface area (Å²) >= 11 is 0. The summed E-state index contributed by atoms with van der Waals surface area (Å²) in [5.74, 6) is 1.02. The topological polar surface area (TPSA) is 32.6 Å². The Labute approximate surface area is 102 Å². The molecule has 0 bridgehead atoms. The fraction of sp³-hybridized carbons (Fsp3) is 0.462. The molecule has 17 heavy (non-hydrogen) atoms. The predicted molar refractivity (Wildman–Crippen MR) is 72.9 cm³/mol. The SMILES string of the molecule is CCCCN(C)c1nn2ccccc2c1NC. The van der Waals surface area contributed by atoms with Gasteiger partial charge in [-0.05, 0) is 18.6 Å². The van der Waals surface area contributed by atoms with Crippen molar-refractivity contribution in [3.63, 3.8) is 0 Å². The zero-order valence-corrected chi connectivity index (χ0v) is 10.8. The lowest BCUT2D eigenvalue weighted by Crippen LogP contribution is -2.19. The molecule has 0 saturated heterocycles. The molecule has 0 aliphatic rings. The third-order valence-electron chi connectivity index (χ3n) is 2.98. The molecular formula is C13H20N4. The van der Waals surface area contributed by atoms with Gasteiger partial charge in [-0.3, -0.25) is 0 Å². The second-order valence-electron chi connectivity index (χ2n) is 4.25. The lowest BCUT2D eigenvalue weighted by molar-refractivity contribution is 0.754. The lowest BCUT2D eigenvalue weighted by Gasteiger charge is -2.17. The van der Waals surface area contributed by atoms with Crippen molar-refractivity contribution in [1.82, 2.24) is 9.61 Å². The fourth-order valence-corrected chi connectivity index (χ4v) is 1.99. The molecule has 4 nitrogen and oxygen atoms in total. The minimum atomic E-state index is 1.02. The molecular weight excluding hydrogens is 212 g/mol. The van der Waals surface area contributed by atoms with Gasteiger partial charge < -0.3 is 10.2 Å².